The van der Waals surface area contributed by atoms with Gasteiger partial charge in [0.15, 0.2) is 0 Å². The van der Waals surface area contributed by atoms with Crippen LogP contribution in [0.5, 0.6) is 0 Å². The lowest BCUT2D eigenvalue weighted by atomic mass is 10.0. The Morgan fingerprint density at radius 2 is 1.56 bits per heavy atom. The van der Waals surface area contributed by atoms with Crippen molar-refractivity contribution in [2.45, 2.75) is 50.2 Å². The summed E-state index contributed by atoms with van der Waals surface area (Å²) in [5.74, 6) is -1.45. The zero-order valence-corrected chi connectivity index (χ0v) is 23.3. The second-order valence-corrected chi connectivity index (χ2v) is 11.9. The largest absolute Gasteiger partial charge is 0.352 e. The second-order valence-electron chi connectivity index (χ2n) is 9.65. The summed E-state index contributed by atoms with van der Waals surface area (Å²) in [5, 5.41) is 3.44. The van der Waals surface area contributed by atoms with Gasteiger partial charge in [-0.15, -0.1) is 0 Å². The molecule has 0 aliphatic carbocycles. The van der Waals surface area contributed by atoms with E-state index in [4.69, 9.17) is 11.6 Å². The average molecular weight is 568 g/mol. The van der Waals surface area contributed by atoms with Crippen LogP contribution in [0.15, 0.2) is 83.8 Å². The van der Waals surface area contributed by atoms with E-state index in [0.29, 0.717) is 5.02 Å². The lowest BCUT2D eigenvalue weighted by Crippen LogP contribution is -2.52. The quantitative estimate of drug-likeness (QED) is 0.398. The van der Waals surface area contributed by atoms with Crippen LogP contribution in [0.2, 0.25) is 5.02 Å². The number of carbonyl (C=O) groups is 3. The maximum Gasteiger partial charge on any atom is 0.269 e. The maximum absolute atomic E-state index is 13.8. The summed E-state index contributed by atoms with van der Waals surface area (Å²) in [5.41, 5.74) is 1.70. The molecule has 39 heavy (non-hydrogen) atoms. The number of hydrogen-bond donors (Lipinski definition) is 1. The molecule has 0 radical (unpaired) electrons. The van der Waals surface area contributed by atoms with Crippen LogP contribution in [0.1, 0.15) is 41.8 Å². The fourth-order valence-corrected chi connectivity index (χ4v) is 6.21. The molecule has 0 saturated heterocycles. The van der Waals surface area contributed by atoms with Crippen LogP contribution in [0.4, 0.5) is 0 Å². The average Bonchev–Trinajstić information content (AvgIpc) is 3.10. The van der Waals surface area contributed by atoms with Crippen molar-refractivity contribution in [1.29, 1.82) is 0 Å². The maximum atomic E-state index is 13.8. The molecule has 1 N–H and O–H groups in total. The van der Waals surface area contributed by atoms with Gasteiger partial charge >= 0.3 is 0 Å². The molecule has 1 aliphatic rings. The highest BCUT2D eigenvalue weighted by Crippen LogP contribution is 2.30. The first kappa shape index (κ1) is 28.3. The van der Waals surface area contributed by atoms with E-state index in [0.717, 1.165) is 15.4 Å². The monoisotopic (exact) mass is 567 g/mol. The Balaban J connectivity index is 1.63. The summed E-state index contributed by atoms with van der Waals surface area (Å²) in [6, 6.07) is 21.2. The smallest absolute Gasteiger partial charge is 0.269 e. The van der Waals surface area contributed by atoms with E-state index in [2.05, 4.69) is 5.32 Å². The molecule has 0 fully saturated rings. The number of fused-ring (bicyclic) bond motifs is 1. The minimum atomic E-state index is -4.06. The van der Waals surface area contributed by atoms with Gasteiger partial charge in [0.1, 0.15) is 10.9 Å². The molecule has 3 aromatic carbocycles. The summed E-state index contributed by atoms with van der Waals surface area (Å²) >= 11 is 6.05. The molecule has 1 heterocycles. The molecule has 4 rings (SSSR count). The lowest BCUT2D eigenvalue weighted by molar-refractivity contribution is -0.141. The molecule has 10 heteroatoms. The van der Waals surface area contributed by atoms with Gasteiger partial charge in [0.2, 0.25) is 11.8 Å². The van der Waals surface area contributed by atoms with Gasteiger partial charge in [0, 0.05) is 37.0 Å². The van der Waals surface area contributed by atoms with Crippen molar-refractivity contribution in [3.05, 3.63) is 101 Å². The molecule has 3 amide bonds. The van der Waals surface area contributed by atoms with Crippen LogP contribution >= 0.6 is 11.6 Å². The molecular formula is C29H30ClN3O5S. The molecule has 0 saturated carbocycles. The van der Waals surface area contributed by atoms with Crippen LogP contribution in [-0.2, 0) is 32.6 Å². The summed E-state index contributed by atoms with van der Waals surface area (Å²) < 4.78 is 26.7. The van der Waals surface area contributed by atoms with E-state index in [1.54, 1.807) is 36.4 Å². The number of halogens is 1. The van der Waals surface area contributed by atoms with Gasteiger partial charge in [-0.2, -0.15) is 0 Å². The minimum Gasteiger partial charge on any atom is -0.352 e. The molecule has 1 aliphatic heterocycles. The lowest BCUT2D eigenvalue weighted by Gasteiger charge is -2.32. The number of hydrogen-bond acceptors (Lipinski definition) is 5. The predicted molar refractivity (Wildman–Crippen MR) is 148 cm³/mol. The normalized spacial score (nSPS) is 14.7. The third-order valence-electron chi connectivity index (χ3n) is 6.41. The standard InChI is InChI=1S/C29H30ClN3O5S/c1-20(2)31-28(35)25(18-21-8-4-3-5-9-21)32(19-22-12-14-23(30)15-13-22)27(34)16-17-33-29(36)24-10-6-7-11-26(24)39(33,37)38/h3-15,20,25H,16-19H2,1-2H3,(H,31,35)/t25-/m0/s1. The van der Waals surface area contributed by atoms with Crippen molar-refractivity contribution in [3.63, 3.8) is 0 Å². The van der Waals surface area contributed by atoms with Crippen LogP contribution in [0, 0.1) is 0 Å². The number of benzene rings is 3. The fraction of sp³-hybridized carbons (Fsp3) is 0.276. The Labute approximate surface area is 233 Å². The summed E-state index contributed by atoms with van der Waals surface area (Å²) in [6.07, 6.45) is -0.0299. The minimum absolute atomic E-state index is 0.0706. The number of carbonyl (C=O) groups excluding carboxylic acids is 3. The molecule has 0 unspecified atom stereocenters. The van der Waals surface area contributed by atoms with E-state index in [1.165, 1.54) is 17.0 Å². The van der Waals surface area contributed by atoms with Crippen molar-refractivity contribution < 1.29 is 22.8 Å². The van der Waals surface area contributed by atoms with Gasteiger partial charge in [-0.3, -0.25) is 14.4 Å². The Morgan fingerprint density at radius 1 is 0.923 bits per heavy atom. The molecule has 204 valence electrons. The third kappa shape index (κ3) is 6.49. The van der Waals surface area contributed by atoms with Gasteiger partial charge in [-0.25, -0.2) is 12.7 Å². The van der Waals surface area contributed by atoms with E-state index in [1.807, 2.05) is 44.2 Å². The number of amides is 3. The topological polar surface area (TPSA) is 104 Å². The summed E-state index contributed by atoms with van der Waals surface area (Å²) in [6.45, 7) is 3.43. The van der Waals surface area contributed by atoms with E-state index in [-0.39, 0.29) is 48.3 Å². The van der Waals surface area contributed by atoms with Crippen LogP contribution in [0.3, 0.4) is 0 Å². The van der Waals surface area contributed by atoms with Crippen LogP contribution < -0.4 is 5.32 Å². The molecule has 3 aromatic rings. The summed E-state index contributed by atoms with van der Waals surface area (Å²) in [7, 11) is -4.06. The van der Waals surface area contributed by atoms with Crippen molar-refractivity contribution in [3.8, 4) is 0 Å². The van der Waals surface area contributed by atoms with Crippen molar-refractivity contribution in [2.75, 3.05) is 6.54 Å². The van der Waals surface area contributed by atoms with Crippen molar-refractivity contribution in [1.82, 2.24) is 14.5 Å². The van der Waals surface area contributed by atoms with Gasteiger partial charge in [-0.1, -0.05) is 66.2 Å². The Hall–Kier alpha value is -3.69. The van der Waals surface area contributed by atoms with E-state index < -0.39 is 27.9 Å². The van der Waals surface area contributed by atoms with E-state index >= 15 is 0 Å². The highest BCUT2D eigenvalue weighted by molar-refractivity contribution is 7.90. The van der Waals surface area contributed by atoms with Gasteiger partial charge in [0.05, 0.1) is 5.56 Å². The Morgan fingerprint density at radius 3 is 2.21 bits per heavy atom. The predicted octanol–water partition coefficient (Wildman–Crippen LogP) is 4.04. The van der Waals surface area contributed by atoms with Crippen molar-refractivity contribution in [2.24, 2.45) is 0 Å². The molecule has 0 bridgehead atoms. The van der Waals surface area contributed by atoms with Crippen LogP contribution in [-0.4, -0.2) is 54.0 Å². The molecule has 0 aromatic heterocycles. The highest BCUT2D eigenvalue weighted by atomic mass is 35.5. The number of sulfonamides is 1. The van der Waals surface area contributed by atoms with Gasteiger partial charge in [0.25, 0.3) is 15.9 Å². The zero-order chi connectivity index (χ0) is 28.2. The molecule has 1 atom stereocenters. The number of nitrogens with one attached hydrogen (secondary N) is 1. The first-order valence-electron chi connectivity index (χ1n) is 12.6. The fourth-order valence-electron chi connectivity index (χ4n) is 4.51. The third-order valence-corrected chi connectivity index (χ3v) is 8.50. The summed E-state index contributed by atoms with van der Waals surface area (Å²) in [4.78, 5) is 41.4. The molecule has 8 nitrogen and oxygen atoms in total. The first-order chi connectivity index (χ1) is 18.6. The Kier molecular flexibility index (Phi) is 8.72. The van der Waals surface area contributed by atoms with Gasteiger partial charge < -0.3 is 10.2 Å². The number of rotatable bonds is 10. The van der Waals surface area contributed by atoms with Gasteiger partial charge in [-0.05, 0) is 49.2 Å². The molecule has 0 spiro atoms. The number of nitrogens with zero attached hydrogens (tertiary/aromatic N) is 2. The molecular weight excluding hydrogens is 538 g/mol. The van der Waals surface area contributed by atoms with Crippen molar-refractivity contribution >= 4 is 39.3 Å². The second kappa shape index (κ2) is 12.0. The SMILES string of the molecule is CC(C)NC(=O)[C@H](Cc1ccccc1)N(Cc1ccc(Cl)cc1)C(=O)CCN1C(=O)c2ccccc2S1(=O)=O. The highest BCUT2D eigenvalue weighted by Gasteiger charge is 2.41. The first-order valence-corrected chi connectivity index (χ1v) is 14.4. The Bertz CT molecular complexity index is 1460. The van der Waals surface area contributed by atoms with Crippen LogP contribution in [0.25, 0.3) is 0 Å². The zero-order valence-electron chi connectivity index (χ0n) is 21.7. The van der Waals surface area contributed by atoms with E-state index in [9.17, 15) is 22.8 Å².